The van der Waals surface area contributed by atoms with Crippen molar-refractivity contribution in [3.05, 3.63) is 33.8 Å². The van der Waals surface area contributed by atoms with Crippen molar-refractivity contribution in [1.82, 2.24) is 5.32 Å². The van der Waals surface area contributed by atoms with Gasteiger partial charge in [-0.05, 0) is 37.1 Å². The molecule has 1 aromatic rings. The molecule has 0 heterocycles. The van der Waals surface area contributed by atoms with Crippen molar-refractivity contribution < 1.29 is 0 Å². The summed E-state index contributed by atoms with van der Waals surface area (Å²) in [5.74, 6) is 0. The molecule has 0 fully saturated rings. The highest BCUT2D eigenvalue weighted by molar-refractivity contribution is 6.35. The van der Waals surface area contributed by atoms with E-state index < -0.39 is 0 Å². The highest BCUT2D eigenvalue weighted by Gasteiger charge is 2.11. The first-order valence-electron chi connectivity index (χ1n) is 5.35. The quantitative estimate of drug-likeness (QED) is 0.830. The van der Waals surface area contributed by atoms with Crippen LogP contribution in [0.1, 0.15) is 25.8 Å². The third-order valence-electron chi connectivity index (χ3n) is 2.50. The van der Waals surface area contributed by atoms with Crippen LogP contribution in [0.25, 0.3) is 0 Å². The van der Waals surface area contributed by atoms with Crippen LogP contribution in [0.4, 0.5) is 0 Å². The molecule has 84 valence electrons. The van der Waals surface area contributed by atoms with Crippen molar-refractivity contribution in [2.75, 3.05) is 6.54 Å². The lowest BCUT2D eigenvalue weighted by molar-refractivity contribution is 0.510. The molecule has 0 bridgehead atoms. The summed E-state index contributed by atoms with van der Waals surface area (Å²) in [6.07, 6.45) is 1.97. The second-order valence-corrected chi connectivity index (χ2v) is 4.38. The first-order valence-corrected chi connectivity index (χ1v) is 6.10. The Kier molecular flexibility index (Phi) is 5.44. The number of hydrogen-bond donors (Lipinski definition) is 1. The number of rotatable bonds is 5. The van der Waals surface area contributed by atoms with Gasteiger partial charge < -0.3 is 5.32 Å². The van der Waals surface area contributed by atoms with Crippen molar-refractivity contribution in [2.24, 2.45) is 0 Å². The van der Waals surface area contributed by atoms with Crippen molar-refractivity contribution in [3.63, 3.8) is 0 Å². The van der Waals surface area contributed by atoms with E-state index in [4.69, 9.17) is 23.2 Å². The molecule has 1 N–H and O–H groups in total. The summed E-state index contributed by atoms with van der Waals surface area (Å²) in [6, 6.07) is 6.11. The minimum Gasteiger partial charge on any atom is -0.314 e. The van der Waals surface area contributed by atoms with Crippen LogP contribution in [-0.2, 0) is 6.42 Å². The number of likely N-dealkylation sites (N-methyl/N-ethyl adjacent to an activating group) is 1. The number of halogens is 2. The summed E-state index contributed by atoms with van der Waals surface area (Å²) in [7, 11) is 0. The average Bonchev–Trinajstić information content (AvgIpc) is 2.22. The molecular weight excluding hydrogens is 229 g/mol. The lowest BCUT2D eigenvalue weighted by Crippen LogP contribution is -2.30. The predicted octanol–water partition coefficient (Wildman–Crippen LogP) is 3.92. The van der Waals surface area contributed by atoms with Crippen LogP contribution in [0, 0.1) is 0 Å². The fraction of sp³-hybridized carbons (Fsp3) is 0.500. The van der Waals surface area contributed by atoms with Gasteiger partial charge in [0.2, 0.25) is 0 Å². The maximum atomic E-state index is 6.12. The first kappa shape index (κ1) is 12.8. The van der Waals surface area contributed by atoms with Crippen molar-refractivity contribution in [1.29, 1.82) is 0 Å². The zero-order chi connectivity index (χ0) is 11.3. The lowest BCUT2D eigenvalue weighted by atomic mass is 10.0. The summed E-state index contributed by atoms with van der Waals surface area (Å²) in [4.78, 5) is 0. The van der Waals surface area contributed by atoms with E-state index in [-0.39, 0.29) is 0 Å². The van der Waals surface area contributed by atoms with E-state index in [0.717, 1.165) is 35.0 Å². The molecule has 1 aromatic carbocycles. The summed E-state index contributed by atoms with van der Waals surface area (Å²) in [5, 5.41) is 4.94. The Morgan fingerprint density at radius 3 is 2.27 bits per heavy atom. The summed E-state index contributed by atoms with van der Waals surface area (Å²) >= 11 is 12.2. The standard InChI is InChI=1S/C12H17Cl2N/c1-3-9(15-4-2)8-10-11(13)6-5-7-12(10)14/h5-7,9,15H,3-4,8H2,1-2H3. The first-order chi connectivity index (χ1) is 7.19. The Balaban J connectivity index is 2.78. The van der Waals surface area contributed by atoms with Crippen LogP contribution in [-0.4, -0.2) is 12.6 Å². The van der Waals surface area contributed by atoms with Crippen LogP contribution in [0.5, 0.6) is 0 Å². The van der Waals surface area contributed by atoms with Gasteiger partial charge in [-0.15, -0.1) is 0 Å². The normalized spacial score (nSPS) is 12.8. The zero-order valence-electron chi connectivity index (χ0n) is 9.19. The molecule has 0 aliphatic heterocycles. The number of nitrogens with one attached hydrogen (secondary N) is 1. The Morgan fingerprint density at radius 1 is 1.20 bits per heavy atom. The topological polar surface area (TPSA) is 12.0 Å². The van der Waals surface area contributed by atoms with Gasteiger partial charge in [-0.2, -0.15) is 0 Å². The number of benzene rings is 1. The molecule has 0 spiro atoms. The highest BCUT2D eigenvalue weighted by Crippen LogP contribution is 2.25. The van der Waals surface area contributed by atoms with Crippen LogP contribution in [0.2, 0.25) is 10.0 Å². The van der Waals surface area contributed by atoms with Crippen molar-refractivity contribution >= 4 is 23.2 Å². The molecule has 1 atom stereocenters. The van der Waals surface area contributed by atoms with Gasteiger partial charge in [-0.3, -0.25) is 0 Å². The molecule has 0 saturated carbocycles. The third kappa shape index (κ3) is 3.67. The van der Waals surface area contributed by atoms with Gasteiger partial charge in [0.15, 0.2) is 0 Å². The molecule has 3 heteroatoms. The summed E-state index contributed by atoms with van der Waals surface area (Å²) in [6.45, 7) is 5.25. The van der Waals surface area contributed by atoms with Gasteiger partial charge in [0.25, 0.3) is 0 Å². The van der Waals surface area contributed by atoms with E-state index >= 15 is 0 Å². The maximum Gasteiger partial charge on any atom is 0.0453 e. The second-order valence-electron chi connectivity index (χ2n) is 3.57. The maximum absolute atomic E-state index is 6.12. The highest BCUT2D eigenvalue weighted by atomic mass is 35.5. The van der Waals surface area contributed by atoms with Crippen molar-refractivity contribution in [3.8, 4) is 0 Å². The summed E-state index contributed by atoms with van der Waals surface area (Å²) in [5.41, 5.74) is 1.05. The van der Waals surface area contributed by atoms with E-state index in [2.05, 4.69) is 19.2 Å². The van der Waals surface area contributed by atoms with Crippen LogP contribution < -0.4 is 5.32 Å². The molecule has 1 nitrogen and oxygen atoms in total. The fourth-order valence-electron chi connectivity index (χ4n) is 1.62. The zero-order valence-corrected chi connectivity index (χ0v) is 10.7. The van der Waals surface area contributed by atoms with Crippen LogP contribution in [0.15, 0.2) is 18.2 Å². The Hall–Kier alpha value is -0.240. The van der Waals surface area contributed by atoms with Crippen LogP contribution in [0.3, 0.4) is 0 Å². The molecule has 0 saturated heterocycles. The van der Waals surface area contributed by atoms with Crippen molar-refractivity contribution in [2.45, 2.75) is 32.7 Å². The molecule has 0 aliphatic carbocycles. The molecule has 0 aromatic heterocycles. The SMILES string of the molecule is CCNC(CC)Cc1c(Cl)cccc1Cl. The van der Waals surface area contributed by atoms with Gasteiger partial charge in [0.05, 0.1) is 0 Å². The van der Waals surface area contributed by atoms with E-state index in [0.29, 0.717) is 6.04 Å². The lowest BCUT2D eigenvalue weighted by Gasteiger charge is -2.17. The monoisotopic (exact) mass is 245 g/mol. The second kappa shape index (κ2) is 6.37. The molecule has 0 radical (unpaired) electrons. The van der Waals surface area contributed by atoms with E-state index in [9.17, 15) is 0 Å². The third-order valence-corrected chi connectivity index (χ3v) is 3.21. The molecule has 15 heavy (non-hydrogen) atoms. The minimum absolute atomic E-state index is 0.451. The van der Waals surface area contributed by atoms with Gasteiger partial charge in [0, 0.05) is 16.1 Å². The van der Waals surface area contributed by atoms with Gasteiger partial charge in [-0.1, -0.05) is 43.1 Å². The van der Waals surface area contributed by atoms with E-state index in [1.807, 2.05) is 18.2 Å². The fourth-order valence-corrected chi connectivity index (χ4v) is 2.18. The van der Waals surface area contributed by atoms with E-state index in [1.54, 1.807) is 0 Å². The van der Waals surface area contributed by atoms with Gasteiger partial charge in [-0.25, -0.2) is 0 Å². The molecule has 1 unspecified atom stereocenters. The average molecular weight is 246 g/mol. The number of hydrogen-bond acceptors (Lipinski definition) is 1. The largest absolute Gasteiger partial charge is 0.314 e. The van der Waals surface area contributed by atoms with E-state index in [1.165, 1.54) is 0 Å². The molecular formula is C12H17Cl2N. The Labute approximate surface area is 102 Å². The summed E-state index contributed by atoms with van der Waals surface area (Å²) < 4.78 is 0. The minimum atomic E-state index is 0.451. The predicted molar refractivity (Wildman–Crippen MR) is 67.9 cm³/mol. The smallest absolute Gasteiger partial charge is 0.0453 e. The van der Waals surface area contributed by atoms with Crippen LogP contribution >= 0.6 is 23.2 Å². The van der Waals surface area contributed by atoms with Gasteiger partial charge in [0.1, 0.15) is 0 Å². The molecule has 0 amide bonds. The van der Waals surface area contributed by atoms with Gasteiger partial charge >= 0.3 is 0 Å². The molecule has 1 rings (SSSR count). The Bertz CT molecular complexity index is 292. The molecule has 0 aliphatic rings. The Morgan fingerprint density at radius 2 is 1.80 bits per heavy atom.